The molecular weight excluding hydrogens is 485 g/mol. The summed E-state index contributed by atoms with van der Waals surface area (Å²) in [5.74, 6) is -0.0744. The Kier molecular flexibility index (Phi) is 5.76. The highest BCUT2D eigenvalue weighted by molar-refractivity contribution is 6.00. The van der Waals surface area contributed by atoms with Crippen molar-refractivity contribution in [3.05, 3.63) is 73.1 Å². The Hall–Kier alpha value is -5.12. The quantitative estimate of drug-likeness (QED) is 0.265. The monoisotopic (exact) mass is 507 g/mol. The summed E-state index contributed by atoms with van der Waals surface area (Å²) in [6.45, 7) is 1.79. The lowest BCUT2D eigenvalue weighted by molar-refractivity contribution is -0.115. The fraction of sp³-hybridized carbons (Fsp3) is 0.107. The first kappa shape index (κ1) is 23.3. The number of hydrogen-bond acceptors (Lipinski definition) is 6. The number of carbonyl (C=O) groups excluding carboxylic acids is 1. The van der Waals surface area contributed by atoms with Gasteiger partial charge in [-0.3, -0.25) is 24.8 Å². The number of aromatic nitrogens is 6. The van der Waals surface area contributed by atoms with Crippen LogP contribution in [-0.4, -0.2) is 43.2 Å². The van der Waals surface area contributed by atoms with E-state index in [1.165, 1.54) is 19.2 Å². The van der Waals surface area contributed by atoms with E-state index in [0.717, 1.165) is 33.1 Å². The third kappa shape index (κ3) is 4.21. The van der Waals surface area contributed by atoms with Gasteiger partial charge in [0.25, 0.3) is 0 Å². The maximum Gasteiger partial charge on any atom is 0.224 e. The summed E-state index contributed by atoms with van der Waals surface area (Å²) >= 11 is 0. The Balaban J connectivity index is 1.43. The van der Waals surface area contributed by atoms with E-state index in [1.54, 1.807) is 37.8 Å². The molecule has 0 aliphatic carbocycles. The molecule has 0 saturated carbocycles. The van der Waals surface area contributed by atoms with Gasteiger partial charge in [-0.25, -0.2) is 4.39 Å². The van der Waals surface area contributed by atoms with E-state index in [2.05, 4.69) is 35.5 Å². The molecule has 0 unspecified atom stereocenters. The van der Waals surface area contributed by atoms with Crippen molar-refractivity contribution in [2.24, 2.45) is 0 Å². The van der Waals surface area contributed by atoms with Crippen molar-refractivity contribution >= 4 is 33.4 Å². The van der Waals surface area contributed by atoms with Crippen LogP contribution in [0.4, 0.5) is 10.1 Å². The molecule has 0 aliphatic heterocycles. The Morgan fingerprint density at radius 2 is 1.84 bits per heavy atom. The van der Waals surface area contributed by atoms with Crippen molar-refractivity contribution in [2.75, 3.05) is 12.4 Å². The van der Waals surface area contributed by atoms with Gasteiger partial charge >= 0.3 is 0 Å². The summed E-state index contributed by atoms with van der Waals surface area (Å²) in [6, 6.07) is 12.1. The third-order valence-corrected chi connectivity index (χ3v) is 6.27. The van der Waals surface area contributed by atoms with Gasteiger partial charge in [0.2, 0.25) is 5.91 Å². The summed E-state index contributed by atoms with van der Waals surface area (Å²) in [7, 11) is 1.50. The number of H-pyrrole nitrogens is 2. The molecule has 6 aromatic rings. The highest BCUT2D eigenvalue weighted by Gasteiger charge is 2.16. The number of rotatable bonds is 6. The van der Waals surface area contributed by atoms with Crippen molar-refractivity contribution < 1.29 is 13.9 Å². The molecule has 1 aromatic carbocycles. The molecule has 3 N–H and O–H groups in total. The lowest BCUT2D eigenvalue weighted by atomic mass is 10.1. The number of carbonyl (C=O) groups is 1. The van der Waals surface area contributed by atoms with Gasteiger partial charge in [0, 0.05) is 52.3 Å². The number of anilines is 1. The van der Waals surface area contributed by atoms with Crippen LogP contribution in [-0.2, 0) is 4.79 Å². The van der Waals surface area contributed by atoms with Gasteiger partial charge in [0.05, 0.1) is 47.8 Å². The van der Waals surface area contributed by atoms with Crippen molar-refractivity contribution in [1.29, 1.82) is 0 Å². The normalized spacial score (nSPS) is 11.2. The molecule has 9 nitrogen and oxygen atoms in total. The molecule has 10 heteroatoms. The fourth-order valence-electron chi connectivity index (χ4n) is 4.41. The molecule has 0 aliphatic rings. The number of methoxy groups -OCH3 is 1. The average Bonchev–Trinajstić information content (AvgIpc) is 3.56. The van der Waals surface area contributed by atoms with E-state index >= 15 is 0 Å². The Morgan fingerprint density at radius 3 is 2.68 bits per heavy atom. The van der Waals surface area contributed by atoms with Gasteiger partial charge in [-0.05, 0) is 36.4 Å². The number of halogens is 1. The molecular formula is C28H22FN7O2. The van der Waals surface area contributed by atoms with E-state index in [4.69, 9.17) is 4.74 Å². The third-order valence-electron chi connectivity index (χ3n) is 6.27. The van der Waals surface area contributed by atoms with Crippen molar-refractivity contribution in [3.63, 3.8) is 0 Å². The molecule has 5 aromatic heterocycles. The van der Waals surface area contributed by atoms with Gasteiger partial charge in [-0.1, -0.05) is 6.92 Å². The van der Waals surface area contributed by atoms with Gasteiger partial charge in [0.15, 0.2) is 0 Å². The molecule has 0 atom stereocenters. The molecule has 0 saturated heterocycles. The van der Waals surface area contributed by atoms with Crippen LogP contribution < -0.4 is 10.1 Å². The smallest absolute Gasteiger partial charge is 0.224 e. The van der Waals surface area contributed by atoms with Gasteiger partial charge in [0.1, 0.15) is 17.3 Å². The largest absolute Gasteiger partial charge is 0.497 e. The van der Waals surface area contributed by atoms with Crippen LogP contribution in [0, 0.1) is 5.82 Å². The highest BCUT2D eigenvalue weighted by Crippen LogP contribution is 2.35. The average molecular weight is 508 g/mol. The van der Waals surface area contributed by atoms with Crippen LogP contribution in [0.1, 0.15) is 13.3 Å². The minimum atomic E-state index is -0.403. The maximum absolute atomic E-state index is 14.2. The zero-order valence-electron chi connectivity index (χ0n) is 20.5. The van der Waals surface area contributed by atoms with Gasteiger partial charge in [-0.2, -0.15) is 5.10 Å². The van der Waals surface area contributed by atoms with Crippen LogP contribution in [0.2, 0.25) is 0 Å². The lowest BCUT2D eigenvalue weighted by Gasteiger charge is -2.06. The van der Waals surface area contributed by atoms with Crippen LogP contribution in [0.5, 0.6) is 5.75 Å². The molecule has 5 heterocycles. The Bertz CT molecular complexity index is 1830. The number of aromatic amines is 2. The first-order chi connectivity index (χ1) is 18.5. The number of amides is 1. The van der Waals surface area contributed by atoms with Crippen LogP contribution in [0.3, 0.4) is 0 Å². The minimum Gasteiger partial charge on any atom is -0.497 e. The molecule has 0 radical (unpaired) electrons. The summed E-state index contributed by atoms with van der Waals surface area (Å²) in [6.07, 6.45) is 7.07. The first-order valence-electron chi connectivity index (χ1n) is 11.9. The molecule has 188 valence electrons. The van der Waals surface area contributed by atoms with E-state index in [1.807, 2.05) is 24.3 Å². The van der Waals surface area contributed by atoms with Gasteiger partial charge in [-0.15, -0.1) is 0 Å². The molecule has 1 amide bonds. The number of nitrogens with one attached hydrogen (secondary N) is 3. The number of pyridine rings is 3. The highest BCUT2D eigenvalue weighted by atomic mass is 19.1. The molecule has 0 fully saturated rings. The SMILES string of the molecule is CCC(=O)Nc1cncc(-c2cc3c(-c4cc5c(-c6cc(F)cc(OC)c6)nccc5[nH]4)n[nH]c3cn2)c1. The lowest BCUT2D eigenvalue weighted by Crippen LogP contribution is -2.09. The predicted molar refractivity (Wildman–Crippen MR) is 143 cm³/mol. The fourth-order valence-corrected chi connectivity index (χ4v) is 4.41. The first-order valence-corrected chi connectivity index (χ1v) is 11.9. The summed E-state index contributed by atoms with van der Waals surface area (Å²) in [5.41, 5.74) is 6.35. The minimum absolute atomic E-state index is 0.0890. The number of benzene rings is 1. The van der Waals surface area contributed by atoms with E-state index in [9.17, 15) is 9.18 Å². The van der Waals surface area contributed by atoms with E-state index in [-0.39, 0.29) is 5.91 Å². The van der Waals surface area contributed by atoms with Crippen LogP contribution in [0.25, 0.3) is 55.7 Å². The Morgan fingerprint density at radius 1 is 0.974 bits per heavy atom. The zero-order valence-corrected chi connectivity index (χ0v) is 20.5. The number of fused-ring (bicyclic) bond motifs is 2. The Labute approximate surface area is 216 Å². The van der Waals surface area contributed by atoms with E-state index < -0.39 is 5.82 Å². The maximum atomic E-state index is 14.2. The predicted octanol–water partition coefficient (Wildman–Crippen LogP) is 5.73. The van der Waals surface area contributed by atoms with E-state index in [0.29, 0.717) is 40.5 Å². The zero-order chi connectivity index (χ0) is 26.2. The summed E-state index contributed by atoms with van der Waals surface area (Å²) in [5, 5.41) is 12.1. The second kappa shape index (κ2) is 9.40. The second-order valence-corrected chi connectivity index (χ2v) is 8.73. The summed E-state index contributed by atoms with van der Waals surface area (Å²) in [4.78, 5) is 28.6. The van der Waals surface area contributed by atoms with Crippen molar-refractivity contribution in [3.8, 4) is 39.7 Å². The van der Waals surface area contributed by atoms with Crippen LogP contribution in [0.15, 0.2) is 67.3 Å². The second-order valence-electron chi connectivity index (χ2n) is 8.73. The number of ether oxygens (including phenoxy) is 1. The number of hydrogen-bond donors (Lipinski definition) is 3. The van der Waals surface area contributed by atoms with Gasteiger partial charge < -0.3 is 15.0 Å². The van der Waals surface area contributed by atoms with Crippen molar-refractivity contribution in [2.45, 2.75) is 13.3 Å². The number of nitrogens with zero attached hydrogens (tertiary/aromatic N) is 4. The molecule has 0 bridgehead atoms. The molecule has 38 heavy (non-hydrogen) atoms. The molecule has 0 spiro atoms. The van der Waals surface area contributed by atoms with Crippen molar-refractivity contribution in [1.82, 2.24) is 30.1 Å². The standard InChI is InChI=1S/C28H22FN7O2/c1-3-26(37)33-18-7-16(12-30-13-18)23-10-21-25(14-32-23)35-36-28(21)24-11-20-22(34-24)4-5-31-27(20)15-6-17(29)9-19(8-15)38-2/h4-14,34H,3H2,1-2H3,(H,33,37)(H,35,36). The molecule has 6 rings (SSSR count). The topological polar surface area (TPSA) is 121 Å². The van der Waals surface area contributed by atoms with Crippen LogP contribution >= 0.6 is 0 Å². The summed E-state index contributed by atoms with van der Waals surface area (Å²) < 4.78 is 19.5.